The molecular formula is C14H23N3O. The predicted octanol–water partition coefficient (Wildman–Crippen LogP) is 2.35. The van der Waals surface area contributed by atoms with Crippen molar-refractivity contribution in [3.05, 3.63) is 18.0 Å². The molecule has 0 spiro atoms. The highest BCUT2D eigenvalue weighted by atomic mass is 16.1. The van der Waals surface area contributed by atoms with Crippen LogP contribution in [0.2, 0.25) is 0 Å². The molecule has 0 aliphatic carbocycles. The molecule has 1 aromatic heterocycles. The van der Waals surface area contributed by atoms with Gasteiger partial charge in [0.25, 0.3) is 0 Å². The van der Waals surface area contributed by atoms with Crippen molar-refractivity contribution in [2.75, 3.05) is 13.1 Å². The van der Waals surface area contributed by atoms with E-state index in [-0.39, 0.29) is 5.78 Å². The van der Waals surface area contributed by atoms with Gasteiger partial charge < -0.3 is 0 Å². The van der Waals surface area contributed by atoms with E-state index >= 15 is 0 Å². The van der Waals surface area contributed by atoms with Crippen molar-refractivity contribution in [2.45, 2.75) is 52.1 Å². The Morgan fingerprint density at radius 2 is 2.00 bits per heavy atom. The molecule has 1 aromatic rings. The number of rotatable bonds is 4. The molecule has 0 N–H and O–H groups in total. The largest absolute Gasteiger partial charge is 0.292 e. The van der Waals surface area contributed by atoms with Gasteiger partial charge >= 0.3 is 0 Å². The van der Waals surface area contributed by atoms with Crippen molar-refractivity contribution in [3.63, 3.8) is 0 Å². The third-order valence-corrected chi connectivity index (χ3v) is 3.92. The highest BCUT2D eigenvalue weighted by Gasteiger charge is 2.36. The molecule has 2 heterocycles. The van der Waals surface area contributed by atoms with Crippen LogP contribution in [-0.2, 0) is 6.54 Å². The number of carbonyl (C=O) groups excluding carboxylic acids is 1. The van der Waals surface area contributed by atoms with Crippen molar-refractivity contribution in [1.29, 1.82) is 0 Å². The summed E-state index contributed by atoms with van der Waals surface area (Å²) in [4.78, 5) is 14.9. The molecule has 1 fully saturated rings. The Morgan fingerprint density at radius 1 is 1.33 bits per heavy atom. The lowest BCUT2D eigenvalue weighted by molar-refractivity contribution is 0.0579. The molecule has 1 saturated heterocycles. The lowest BCUT2D eigenvalue weighted by Crippen LogP contribution is -2.52. The summed E-state index contributed by atoms with van der Waals surface area (Å²) in [5.74, 6) is 0.184. The van der Waals surface area contributed by atoms with Crippen LogP contribution in [0.3, 0.4) is 0 Å². The van der Waals surface area contributed by atoms with Gasteiger partial charge in [-0.3, -0.25) is 14.4 Å². The number of hydrogen-bond acceptors (Lipinski definition) is 3. The smallest absolute Gasteiger partial charge is 0.185 e. The summed E-state index contributed by atoms with van der Waals surface area (Å²) in [6.45, 7) is 8.95. The Morgan fingerprint density at radius 3 is 2.56 bits per heavy atom. The van der Waals surface area contributed by atoms with Gasteiger partial charge in [0, 0.05) is 12.7 Å². The molecule has 100 valence electrons. The van der Waals surface area contributed by atoms with Gasteiger partial charge in [-0.25, -0.2) is 0 Å². The van der Waals surface area contributed by atoms with Crippen molar-refractivity contribution in [1.82, 2.24) is 14.7 Å². The van der Waals surface area contributed by atoms with E-state index in [0.29, 0.717) is 0 Å². The SMILES string of the molecule is CCn1cc(C(=O)C(C)(C)N2CCCCC2)cn1. The highest BCUT2D eigenvalue weighted by molar-refractivity contribution is 6.02. The van der Waals surface area contributed by atoms with Gasteiger partial charge in [0.15, 0.2) is 5.78 Å². The van der Waals surface area contributed by atoms with E-state index in [1.807, 2.05) is 27.0 Å². The molecule has 4 nitrogen and oxygen atoms in total. The number of aryl methyl sites for hydroxylation is 1. The molecule has 4 heteroatoms. The molecule has 0 saturated carbocycles. The van der Waals surface area contributed by atoms with Gasteiger partial charge in [-0.1, -0.05) is 6.42 Å². The zero-order chi connectivity index (χ0) is 13.2. The molecule has 0 bridgehead atoms. The van der Waals surface area contributed by atoms with Gasteiger partial charge in [-0.2, -0.15) is 5.10 Å². The van der Waals surface area contributed by atoms with Crippen molar-refractivity contribution < 1.29 is 4.79 Å². The fourth-order valence-electron chi connectivity index (χ4n) is 2.60. The summed E-state index contributed by atoms with van der Waals surface area (Å²) < 4.78 is 1.81. The first-order valence-corrected chi connectivity index (χ1v) is 6.88. The molecular weight excluding hydrogens is 226 g/mol. The van der Waals surface area contributed by atoms with Crippen LogP contribution in [0.15, 0.2) is 12.4 Å². The van der Waals surface area contributed by atoms with Crippen LogP contribution in [0.4, 0.5) is 0 Å². The zero-order valence-electron chi connectivity index (χ0n) is 11.6. The predicted molar refractivity (Wildman–Crippen MR) is 71.7 cm³/mol. The maximum absolute atomic E-state index is 12.6. The molecule has 1 aliphatic heterocycles. The first kappa shape index (κ1) is 13.3. The Hall–Kier alpha value is -1.16. The number of ketones is 1. The van der Waals surface area contributed by atoms with Gasteiger partial charge in [0.05, 0.1) is 17.3 Å². The number of aromatic nitrogens is 2. The summed E-state index contributed by atoms with van der Waals surface area (Å²) in [5, 5.41) is 4.19. The second-order valence-electron chi connectivity index (χ2n) is 5.52. The van der Waals surface area contributed by atoms with Crippen LogP contribution in [-0.4, -0.2) is 39.1 Å². The molecule has 1 aliphatic rings. The highest BCUT2D eigenvalue weighted by Crippen LogP contribution is 2.24. The van der Waals surface area contributed by atoms with Crippen LogP contribution >= 0.6 is 0 Å². The fourth-order valence-corrected chi connectivity index (χ4v) is 2.60. The average Bonchev–Trinajstić information content (AvgIpc) is 2.87. The summed E-state index contributed by atoms with van der Waals surface area (Å²) >= 11 is 0. The third kappa shape index (κ3) is 2.48. The Balaban J connectivity index is 2.15. The molecule has 18 heavy (non-hydrogen) atoms. The minimum absolute atomic E-state index is 0.184. The number of piperidine rings is 1. The minimum atomic E-state index is -0.415. The van der Waals surface area contributed by atoms with E-state index in [1.54, 1.807) is 10.9 Å². The van der Waals surface area contributed by atoms with Crippen LogP contribution in [0, 0.1) is 0 Å². The van der Waals surface area contributed by atoms with Crippen molar-refractivity contribution in [3.8, 4) is 0 Å². The van der Waals surface area contributed by atoms with E-state index in [1.165, 1.54) is 19.3 Å². The van der Waals surface area contributed by atoms with Crippen LogP contribution < -0.4 is 0 Å². The normalized spacial score (nSPS) is 17.9. The molecule has 0 amide bonds. The van der Waals surface area contributed by atoms with Crippen molar-refractivity contribution in [2.24, 2.45) is 0 Å². The number of carbonyl (C=O) groups is 1. The molecule has 2 rings (SSSR count). The fraction of sp³-hybridized carbons (Fsp3) is 0.714. The second-order valence-corrected chi connectivity index (χ2v) is 5.52. The molecule has 0 unspecified atom stereocenters. The molecule has 0 radical (unpaired) electrons. The third-order valence-electron chi connectivity index (χ3n) is 3.92. The van der Waals surface area contributed by atoms with E-state index < -0.39 is 5.54 Å². The standard InChI is InChI=1S/C14H23N3O/c1-4-17-11-12(10-15-17)13(18)14(2,3)16-8-6-5-7-9-16/h10-11H,4-9H2,1-3H3. The lowest BCUT2D eigenvalue weighted by Gasteiger charge is -2.39. The van der Waals surface area contributed by atoms with E-state index in [9.17, 15) is 4.79 Å². The average molecular weight is 249 g/mol. The van der Waals surface area contributed by atoms with Gasteiger partial charge in [-0.15, -0.1) is 0 Å². The first-order valence-electron chi connectivity index (χ1n) is 6.88. The minimum Gasteiger partial charge on any atom is -0.292 e. The molecule has 0 aromatic carbocycles. The Labute approximate surface area is 109 Å². The van der Waals surface area contributed by atoms with Crippen LogP contribution in [0.5, 0.6) is 0 Å². The monoisotopic (exact) mass is 249 g/mol. The van der Waals surface area contributed by atoms with Gasteiger partial charge in [0.2, 0.25) is 0 Å². The van der Waals surface area contributed by atoms with Crippen LogP contribution in [0.25, 0.3) is 0 Å². The topological polar surface area (TPSA) is 38.1 Å². The number of nitrogens with zero attached hydrogens (tertiary/aromatic N) is 3. The van der Waals surface area contributed by atoms with Crippen molar-refractivity contribution >= 4 is 5.78 Å². The van der Waals surface area contributed by atoms with Gasteiger partial charge in [-0.05, 0) is 46.7 Å². The maximum Gasteiger partial charge on any atom is 0.185 e. The summed E-state index contributed by atoms with van der Waals surface area (Å²) in [6.07, 6.45) is 7.23. The number of Topliss-reactive ketones (excluding diaryl/α,β-unsaturated/α-hetero) is 1. The van der Waals surface area contributed by atoms with Crippen LogP contribution in [0.1, 0.15) is 50.4 Å². The van der Waals surface area contributed by atoms with E-state index in [2.05, 4.69) is 10.00 Å². The second kappa shape index (κ2) is 5.22. The summed E-state index contributed by atoms with van der Waals surface area (Å²) in [7, 11) is 0. The lowest BCUT2D eigenvalue weighted by atomic mass is 9.91. The summed E-state index contributed by atoms with van der Waals surface area (Å²) in [6, 6.07) is 0. The summed E-state index contributed by atoms with van der Waals surface area (Å²) in [5.41, 5.74) is 0.314. The Bertz CT molecular complexity index is 416. The van der Waals surface area contributed by atoms with Gasteiger partial charge in [0.1, 0.15) is 0 Å². The maximum atomic E-state index is 12.6. The number of likely N-dealkylation sites (tertiary alicyclic amines) is 1. The number of hydrogen-bond donors (Lipinski definition) is 0. The quantitative estimate of drug-likeness (QED) is 0.769. The molecule has 0 atom stereocenters. The van der Waals surface area contributed by atoms with E-state index in [0.717, 1.165) is 25.2 Å². The van der Waals surface area contributed by atoms with E-state index in [4.69, 9.17) is 0 Å². The Kier molecular flexibility index (Phi) is 3.85. The first-order chi connectivity index (χ1) is 8.55. The zero-order valence-corrected chi connectivity index (χ0v) is 11.6.